The van der Waals surface area contributed by atoms with Gasteiger partial charge in [-0.25, -0.2) is 4.79 Å². The minimum Gasteiger partial charge on any atom is -0.478 e. The number of carbonyl (C=O) groups is 1. The lowest BCUT2D eigenvalue weighted by Gasteiger charge is -2.10. The molecule has 0 heterocycles. The topological polar surface area (TPSA) is 63.3 Å². The van der Waals surface area contributed by atoms with Crippen LogP contribution in [0.1, 0.15) is 12.8 Å². The second-order valence-electron chi connectivity index (χ2n) is 2.28. The van der Waals surface area contributed by atoms with Gasteiger partial charge in [-0.2, -0.15) is 0 Å². The Morgan fingerprint density at radius 1 is 1.73 bits per heavy atom. The van der Waals surface area contributed by atoms with Gasteiger partial charge in [0.1, 0.15) is 0 Å². The Morgan fingerprint density at radius 2 is 2.36 bits per heavy atom. The van der Waals surface area contributed by atoms with Crippen LogP contribution in [0.5, 0.6) is 0 Å². The van der Waals surface area contributed by atoms with Crippen LogP contribution >= 0.6 is 11.6 Å². The molecule has 11 heavy (non-hydrogen) atoms. The quantitative estimate of drug-likeness (QED) is 0.626. The van der Waals surface area contributed by atoms with Crippen LogP contribution in [0.2, 0.25) is 0 Å². The van der Waals surface area contributed by atoms with Crippen molar-refractivity contribution >= 4 is 17.6 Å². The van der Waals surface area contributed by atoms with Gasteiger partial charge < -0.3 is 10.8 Å². The van der Waals surface area contributed by atoms with Crippen LogP contribution in [0.4, 0.5) is 0 Å². The van der Waals surface area contributed by atoms with Crippen molar-refractivity contribution in [2.24, 2.45) is 5.73 Å². The van der Waals surface area contributed by atoms with Crippen molar-refractivity contribution in [2.45, 2.75) is 12.8 Å². The molecule has 0 saturated heterocycles. The molecular formula is C7H8ClNO2. The molecule has 3 N–H and O–H groups in total. The molecule has 0 aromatic rings. The van der Waals surface area contributed by atoms with Crippen molar-refractivity contribution in [1.29, 1.82) is 0 Å². The molecule has 0 aliphatic heterocycles. The van der Waals surface area contributed by atoms with Crippen LogP contribution in [0.25, 0.3) is 0 Å². The van der Waals surface area contributed by atoms with E-state index in [4.69, 9.17) is 22.4 Å². The molecule has 0 amide bonds. The van der Waals surface area contributed by atoms with Crippen LogP contribution in [0.3, 0.4) is 0 Å². The predicted molar refractivity (Wildman–Crippen MR) is 42.0 cm³/mol. The number of nitrogens with two attached hydrogens (primary N) is 1. The zero-order valence-corrected chi connectivity index (χ0v) is 6.56. The lowest BCUT2D eigenvalue weighted by Crippen LogP contribution is -2.14. The number of rotatable bonds is 1. The molecule has 1 rings (SSSR count). The molecule has 0 aromatic heterocycles. The standard InChI is InChI=1S/C7H8ClNO2/c8-4-2-1-3-5(9)6(4)7(10)11/h3H,1-2,9H2,(H,10,11). The molecule has 0 spiro atoms. The van der Waals surface area contributed by atoms with E-state index in [-0.39, 0.29) is 11.3 Å². The van der Waals surface area contributed by atoms with Gasteiger partial charge in [0.05, 0.1) is 5.57 Å². The first-order valence-corrected chi connectivity index (χ1v) is 3.58. The van der Waals surface area contributed by atoms with Gasteiger partial charge in [-0.15, -0.1) is 0 Å². The smallest absolute Gasteiger partial charge is 0.338 e. The third kappa shape index (κ3) is 1.54. The first-order valence-electron chi connectivity index (χ1n) is 3.21. The molecule has 1 aliphatic rings. The van der Waals surface area contributed by atoms with Gasteiger partial charge in [-0.05, 0) is 12.8 Å². The number of aliphatic carboxylic acids is 1. The van der Waals surface area contributed by atoms with E-state index in [1.54, 1.807) is 6.08 Å². The number of halogens is 1. The summed E-state index contributed by atoms with van der Waals surface area (Å²) in [7, 11) is 0. The summed E-state index contributed by atoms with van der Waals surface area (Å²) in [5.74, 6) is -1.05. The highest BCUT2D eigenvalue weighted by Gasteiger charge is 2.18. The predicted octanol–water partition coefficient (Wildman–Crippen LogP) is 1.20. The number of hydrogen-bond donors (Lipinski definition) is 2. The lowest BCUT2D eigenvalue weighted by atomic mass is 10.0. The molecule has 0 radical (unpaired) electrons. The number of carboxylic acid groups (broad SMARTS) is 1. The third-order valence-electron chi connectivity index (χ3n) is 1.50. The minimum absolute atomic E-state index is 0.0536. The van der Waals surface area contributed by atoms with Crippen LogP contribution in [-0.4, -0.2) is 11.1 Å². The highest BCUT2D eigenvalue weighted by atomic mass is 35.5. The van der Waals surface area contributed by atoms with Crippen molar-refractivity contribution in [2.75, 3.05) is 0 Å². The second kappa shape index (κ2) is 2.96. The fourth-order valence-corrected chi connectivity index (χ4v) is 1.28. The molecular weight excluding hydrogens is 166 g/mol. The average Bonchev–Trinajstić information content (AvgIpc) is 1.85. The Labute approximate surface area is 69.1 Å². The number of hydrogen-bond acceptors (Lipinski definition) is 2. The van der Waals surface area contributed by atoms with E-state index in [0.29, 0.717) is 11.5 Å². The fraction of sp³-hybridized carbons (Fsp3) is 0.286. The van der Waals surface area contributed by atoms with E-state index >= 15 is 0 Å². The molecule has 4 heteroatoms. The molecule has 0 aromatic carbocycles. The van der Waals surface area contributed by atoms with E-state index in [1.807, 2.05) is 0 Å². The Bertz CT molecular complexity index is 255. The van der Waals surface area contributed by atoms with Crippen molar-refractivity contribution in [3.05, 3.63) is 22.4 Å². The monoisotopic (exact) mass is 173 g/mol. The highest BCUT2D eigenvalue weighted by Crippen LogP contribution is 2.25. The van der Waals surface area contributed by atoms with Crippen LogP contribution in [0.15, 0.2) is 22.4 Å². The van der Waals surface area contributed by atoms with E-state index in [0.717, 1.165) is 6.42 Å². The van der Waals surface area contributed by atoms with Crippen LogP contribution in [0, 0.1) is 0 Å². The molecule has 1 aliphatic carbocycles. The lowest BCUT2D eigenvalue weighted by molar-refractivity contribution is -0.132. The first kappa shape index (κ1) is 8.14. The fourth-order valence-electron chi connectivity index (χ4n) is 0.978. The van der Waals surface area contributed by atoms with E-state index in [1.165, 1.54) is 0 Å². The van der Waals surface area contributed by atoms with E-state index in [9.17, 15) is 4.79 Å². The van der Waals surface area contributed by atoms with Crippen molar-refractivity contribution in [3.63, 3.8) is 0 Å². The second-order valence-corrected chi connectivity index (χ2v) is 2.74. The number of carboxylic acids is 1. The zero-order valence-electron chi connectivity index (χ0n) is 5.80. The molecule has 0 saturated carbocycles. The van der Waals surface area contributed by atoms with Gasteiger partial charge in [0.2, 0.25) is 0 Å². The summed E-state index contributed by atoms with van der Waals surface area (Å²) in [6.07, 6.45) is 2.97. The maximum Gasteiger partial charge on any atom is 0.338 e. The van der Waals surface area contributed by atoms with Crippen molar-refractivity contribution in [1.82, 2.24) is 0 Å². The highest BCUT2D eigenvalue weighted by molar-refractivity contribution is 6.32. The van der Waals surface area contributed by atoms with Crippen LogP contribution < -0.4 is 5.73 Å². The molecule has 0 fully saturated rings. The summed E-state index contributed by atoms with van der Waals surface area (Å²) in [6, 6.07) is 0. The molecule has 3 nitrogen and oxygen atoms in total. The van der Waals surface area contributed by atoms with Gasteiger partial charge in [0.25, 0.3) is 0 Å². The summed E-state index contributed by atoms with van der Waals surface area (Å²) in [6.45, 7) is 0. The Balaban J connectivity index is 3.04. The Kier molecular flexibility index (Phi) is 2.19. The molecule has 60 valence electrons. The maximum atomic E-state index is 10.5. The van der Waals surface area contributed by atoms with Crippen molar-refractivity contribution < 1.29 is 9.90 Å². The van der Waals surface area contributed by atoms with Crippen molar-refractivity contribution in [3.8, 4) is 0 Å². The first-order chi connectivity index (χ1) is 5.13. The largest absolute Gasteiger partial charge is 0.478 e. The zero-order chi connectivity index (χ0) is 8.43. The normalized spacial score (nSPS) is 18.1. The summed E-state index contributed by atoms with van der Waals surface area (Å²) >= 11 is 5.65. The Hall–Kier alpha value is -0.960. The van der Waals surface area contributed by atoms with E-state index in [2.05, 4.69) is 0 Å². The summed E-state index contributed by atoms with van der Waals surface area (Å²) in [5, 5.41) is 8.96. The summed E-state index contributed by atoms with van der Waals surface area (Å²) < 4.78 is 0. The minimum atomic E-state index is -1.05. The van der Waals surface area contributed by atoms with Crippen LogP contribution in [-0.2, 0) is 4.79 Å². The van der Waals surface area contributed by atoms with Gasteiger partial charge in [0.15, 0.2) is 0 Å². The third-order valence-corrected chi connectivity index (χ3v) is 1.88. The number of allylic oxidation sites excluding steroid dienone is 2. The SMILES string of the molecule is NC1=CCCC(Cl)=C1C(=O)O. The summed E-state index contributed by atoms with van der Waals surface area (Å²) in [4.78, 5) is 10.5. The molecule has 0 bridgehead atoms. The van der Waals surface area contributed by atoms with Gasteiger partial charge in [-0.1, -0.05) is 17.7 Å². The molecule has 0 unspecified atom stereocenters. The average molecular weight is 174 g/mol. The van der Waals surface area contributed by atoms with Gasteiger partial charge in [-0.3, -0.25) is 0 Å². The Morgan fingerprint density at radius 3 is 2.73 bits per heavy atom. The van der Waals surface area contributed by atoms with Gasteiger partial charge >= 0.3 is 5.97 Å². The maximum absolute atomic E-state index is 10.5. The molecule has 0 atom stereocenters. The van der Waals surface area contributed by atoms with E-state index < -0.39 is 5.97 Å². The van der Waals surface area contributed by atoms with Gasteiger partial charge in [0, 0.05) is 10.7 Å². The summed E-state index contributed by atoms with van der Waals surface area (Å²) in [5.41, 5.74) is 5.73.